The molecule has 0 unspecified atom stereocenters. The van der Waals surface area contributed by atoms with E-state index in [4.69, 9.17) is 5.73 Å². The van der Waals surface area contributed by atoms with Crippen LogP contribution >= 0.6 is 0 Å². The van der Waals surface area contributed by atoms with E-state index in [9.17, 15) is 4.79 Å². The Morgan fingerprint density at radius 1 is 1.62 bits per heavy atom. The number of aromatic nitrogens is 3. The summed E-state index contributed by atoms with van der Waals surface area (Å²) in [6, 6.07) is 0. The van der Waals surface area contributed by atoms with Gasteiger partial charge in [-0.2, -0.15) is 0 Å². The van der Waals surface area contributed by atoms with Gasteiger partial charge in [0.15, 0.2) is 0 Å². The number of hydrogen-bond donors (Lipinski definition) is 3. The highest BCUT2D eigenvalue weighted by molar-refractivity contribution is 5.90. The third-order valence-corrected chi connectivity index (χ3v) is 2.63. The summed E-state index contributed by atoms with van der Waals surface area (Å²) in [5, 5.41) is 9.49. The summed E-state index contributed by atoms with van der Waals surface area (Å²) >= 11 is 0. The lowest BCUT2D eigenvalue weighted by molar-refractivity contribution is 0.0905. The largest absolute Gasteiger partial charge is 0.343 e. The highest BCUT2D eigenvalue weighted by atomic mass is 16.2. The van der Waals surface area contributed by atoms with Crippen LogP contribution in [0.4, 0.5) is 0 Å². The third-order valence-electron chi connectivity index (χ3n) is 2.63. The van der Waals surface area contributed by atoms with Crippen LogP contribution in [0.2, 0.25) is 0 Å². The monoisotopic (exact) mass is 223 g/mol. The summed E-state index contributed by atoms with van der Waals surface area (Å²) < 4.78 is 0. The van der Waals surface area contributed by atoms with Crippen molar-refractivity contribution < 1.29 is 4.79 Å². The second kappa shape index (κ2) is 3.86. The Morgan fingerprint density at radius 2 is 2.31 bits per heavy atom. The van der Waals surface area contributed by atoms with Gasteiger partial charge in [-0.15, -0.1) is 5.10 Å². The maximum absolute atomic E-state index is 11.8. The van der Waals surface area contributed by atoms with Crippen molar-refractivity contribution in [3.8, 4) is 0 Å². The van der Waals surface area contributed by atoms with E-state index in [0.29, 0.717) is 12.5 Å². The Hall–Kier alpha value is -1.43. The molecule has 1 aliphatic carbocycles. The van der Waals surface area contributed by atoms with E-state index in [-0.39, 0.29) is 11.7 Å². The van der Waals surface area contributed by atoms with Crippen LogP contribution < -0.4 is 11.1 Å². The number of hydrogen-bond acceptors (Lipinski definition) is 4. The van der Waals surface area contributed by atoms with Crippen LogP contribution in [0.5, 0.6) is 0 Å². The second-order valence-electron chi connectivity index (χ2n) is 4.86. The molecule has 1 aromatic heterocycles. The summed E-state index contributed by atoms with van der Waals surface area (Å²) in [4.78, 5) is 15.9. The van der Waals surface area contributed by atoms with Crippen molar-refractivity contribution in [3.05, 3.63) is 11.6 Å². The summed E-state index contributed by atoms with van der Waals surface area (Å²) in [7, 11) is 0. The summed E-state index contributed by atoms with van der Waals surface area (Å²) in [6.07, 6.45) is 2.26. The molecule has 0 aliphatic heterocycles. The molecule has 0 saturated heterocycles. The predicted octanol–water partition coefficient (Wildman–Crippen LogP) is 0.149. The molecule has 6 nitrogen and oxygen atoms in total. The molecule has 1 aliphatic rings. The molecule has 88 valence electrons. The topological polar surface area (TPSA) is 96.7 Å². The van der Waals surface area contributed by atoms with Crippen LogP contribution in [-0.4, -0.2) is 33.2 Å². The number of nitrogens with one attached hydrogen (secondary N) is 2. The zero-order valence-corrected chi connectivity index (χ0v) is 9.58. The number of carbonyl (C=O) groups excluding carboxylic acids is 1. The fourth-order valence-electron chi connectivity index (χ4n) is 1.33. The second-order valence-corrected chi connectivity index (χ2v) is 4.86. The van der Waals surface area contributed by atoms with Crippen LogP contribution in [0.1, 0.15) is 49.1 Å². The molecule has 1 fully saturated rings. The van der Waals surface area contributed by atoms with Crippen LogP contribution in [0.3, 0.4) is 0 Å². The Kier molecular flexibility index (Phi) is 2.67. The zero-order chi connectivity index (χ0) is 11.8. The van der Waals surface area contributed by atoms with E-state index in [0.717, 1.165) is 18.7 Å². The number of amides is 1. The van der Waals surface area contributed by atoms with E-state index >= 15 is 0 Å². The highest BCUT2D eigenvalue weighted by Crippen LogP contribution is 2.37. The van der Waals surface area contributed by atoms with Crippen molar-refractivity contribution in [2.75, 3.05) is 6.54 Å². The van der Waals surface area contributed by atoms with Crippen molar-refractivity contribution in [2.24, 2.45) is 5.73 Å². The first kappa shape index (κ1) is 11.1. The fraction of sp³-hybridized carbons (Fsp3) is 0.700. The standard InChI is InChI=1S/C10H17N5O/c1-10(2,5-11)13-9(16)8-12-7(14-15-8)6-3-4-6/h6H,3-5,11H2,1-2H3,(H,13,16)(H,12,14,15). The molecule has 0 radical (unpaired) electrons. The minimum atomic E-state index is -0.433. The number of rotatable bonds is 4. The van der Waals surface area contributed by atoms with Crippen molar-refractivity contribution >= 4 is 5.91 Å². The molecule has 16 heavy (non-hydrogen) atoms. The van der Waals surface area contributed by atoms with Crippen LogP contribution in [0.15, 0.2) is 0 Å². The quantitative estimate of drug-likeness (QED) is 0.676. The van der Waals surface area contributed by atoms with Gasteiger partial charge in [0.05, 0.1) is 0 Å². The number of aromatic amines is 1. The Labute approximate surface area is 94.0 Å². The average Bonchev–Trinajstić information content (AvgIpc) is 2.96. The van der Waals surface area contributed by atoms with E-state index in [2.05, 4.69) is 20.5 Å². The van der Waals surface area contributed by atoms with Crippen LogP contribution in [0.25, 0.3) is 0 Å². The van der Waals surface area contributed by atoms with Gasteiger partial charge in [0, 0.05) is 18.0 Å². The first-order valence-corrected chi connectivity index (χ1v) is 5.47. The molecule has 0 atom stereocenters. The molecule has 0 spiro atoms. The normalized spacial score (nSPS) is 16.2. The van der Waals surface area contributed by atoms with Gasteiger partial charge in [-0.1, -0.05) is 0 Å². The minimum Gasteiger partial charge on any atom is -0.343 e. The van der Waals surface area contributed by atoms with Crippen LogP contribution in [0, 0.1) is 0 Å². The van der Waals surface area contributed by atoms with Crippen LogP contribution in [-0.2, 0) is 0 Å². The molecule has 1 amide bonds. The van der Waals surface area contributed by atoms with E-state index in [1.54, 1.807) is 0 Å². The molecule has 2 rings (SSSR count). The smallest absolute Gasteiger partial charge is 0.291 e. The Balaban J connectivity index is 2.02. The maximum Gasteiger partial charge on any atom is 0.291 e. The van der Waals surface area contributed by atoms with E-state index in [1.807, 2.05) is 13.8 Å². The predicted molar refractivity (Wildman–Crippen MR) is 59.0 cm³/mol. The molecule has 0 aromatic carbocycles. The van der Waals surface area contributed by atoms with Crippen molar-refractivity contribution in [1.82, 2.24) is 20.5 Å². The molecule has 1 heterocycles. The van der Waals surface area contributed by atoms with Crippen molar-refractivity contribution in [2.45, 2.75) is 38.1 Å². The lowest BCUT2D eigenvalue weighted by atomic mass is 10.1. The van der Waals surface area contributed by atoms with Crippen molar-refractivity contribution in [3.63, 3.8) is 0 Å². The fourth-order valence-corrected chi connectivity index (χ4v) is 1.33. The van der Waals surface area contributed by atoms with Gasteiger partial charge in [0.25, 0.3) is 5.91 Å². The Morgan fingerprint density at radius 3 is 2.88 bits per heavy atom. The maximum atomic E-state index is 11.8. The highest BCUT2D eigenvalue weighted by Gasteiger charge is 2.29. The van der Waals surface area contributed by atoms with Gasteiger partial charge in [-0.3, -0.25) is 9.89 Å². The lowest BCUT2D eigenvalue weighted by Gasteiger charge is -2.23. The molecular formula is C10H17N5O. The Bertz CT molecular complexity index is 394. The third kappa shape index (κ3) is 2.38. The first-order chi connectivity index (χ1) is 7.52. The lowest BCUT2D eigenvalue weighted by Crippen LogP contribution is -2.49. The number of nitrogens with zero attached hydrogens (tertiary/aromatic N) is 2. The van der Waals surface area contributed by atoms with Gasteiger partial charge in [0.1, 0.15) is 5.82 Å². The summed E-state index contributed by atoms with van der Waals surface area (Å²) in [5.41, 5.74) is 5.10. The van der Waals surface area contributed by atoms with E-state index < -0.39 is 5.54 Å². The molecular weight excluding hydrogens is 206 g/mol. The van der Waals surface area contributed by atoms with Crippen molar-refractivity contribution in [1.29, 1.82) is 0 Å². The number of H-pyrrole nitrogens is 1. The molecule has 4 N–H and O–H groups in total. The first-order valence-electron chi connectivity index (χ1n) is 5.47. The van der Waals surface area contributed by atoms with Gasteiger partial charge in [-0.05, 0) is 26.7 Å². The van der Waals surface area contributed by atoms with Gasteiger partial charge in [-0.25, -0.2) is 4.98 Å². The average molecular weight is 223 g/mol. The number of nitrogens with two attached hydrogens (primary N) is 1. The SMILES string of the molecule is CC(C)(CN)NC(=O)c1n[nH]c(C2CC2)n1. The van der Waals surface area contributed by atoms with Gasteiger partial charge in [0.2, 0.25) is 5.82 Å². The molecule has 6 heteroatoms. The minimum absolute atomic E-state index is 0.198. The van der Waals surface area contributed by atoms with Gasteiger partial charge >= 0.3 is 0 Å². The molecule has 0 bridgehead atoms. The molecule has 1 aromatic rings. The number of carbonyl (C=O) groups is 1. The summed E-state index contributed by atoms with van der Waals surface area (Å²) in [6.45, 7) is 4.09. The summed E-state index contributed by atoms with van der Waals surface area (Å²) in [5.74, 6) is 1.20. The zero-order valence-electron chi connectivity index (χ0n) is 9.58. The van der Waals surface area contributed by atoms with E-state index in [1.165, 1.54) is 0 Å². The van der Waals surface area contributed by atoms with Gasteiger partial charge < -0.3 is 11.1 Å². The molecule has 1 saturated carbocycles.